The summed E-state index contributed by atoms with van der Waals surface area (Å²) in [6.45, 7) is 12.9. The molecular formula is C93H113N5O4. The number of Topliss-reactive ketones (excluding diaryl/α,β-unsaturated/α-hetero) is 1. The first-order chi connectivity index (χ1) is 48.2. The molecule has 17 aliphatic rings. The number of allylic oxidation sites excluding steroid dienone is 3. The van der Waals surface area contributed by atoms with Crippen molar-refractivity contribution >= 4 is 38.1 Å². The van der Waals surface area contributed by atoms with Crippen LogP contribution in [0.4, 0.5) is 0 Å². The van der Waals surface area contributed by atoms with Crippen LogP contribution in [0.25, 0.3) is 32.3 Å². The summed E-state index contributed by atoms with van der Waals surface area (Å²) in [5.41, 5.74) is 13.9. The second-order valence-corrected chi connectivity index (χ2v) is 35.9. The van der Waals surface area contributed by atoms with Crippen molar-refractivity contribution in [2.75, 3.05) is 26.2 Å². The highest BCUT2D eigenvalue weighted by Crippen LogP contribution is 2.73. The van der Waals surface area contributed by atoms with E-state index in [1.54, 1.807) is 22.3 Å². The van der Waals surface area contributed by atoms with Crippen LogP contribution in [0.15, 0.2) is 180 Å². The lowest BCUT2D eigenvalue weighted by Crippen LogP contribution is -2.56. The molecule has 11 heterocycles. The topological polar surface area (TPSA) is 89.9 Å². The largest absolute Gasteiger partial charge is 0.359 e. The molecule has 9 nitrogen and oxygen atoms in total. The van der Waals surface area contributed by atoms with Gasteiger partial charge in [0.2, 0.25) is 0 Å². The maximum atomic E-state index is 12.4. The number of pyridine rings is 3. The minimum Gasteiger partial charge on any atom is -0.359 e. The average molecular weight is 1360 g/mol. The summed E-state index contributed by atoms with van der Waals surface area (Å²) in [4.78, 5) is 31.0. The van der Waals surface area contributed by atoms with Crippen molar-refractivity contribution in [2.45, 2.75) is 273 Å². The standard InChI is InChI=1S/2C31H36N2O.C28H29NO2.3CH4/c2*1-29-11-9-25-18-24-5-6-26(33-15-2-16-33)19-30(24)12-13-31(25,34-30)28(29)8-7-27(29)22-4-3-21-10-14-32-20-23(21)17-22;1-26-10-8-22-15-21-4-5-23(30)16-27(21)11-12-28(22,31-27)25(26)7-6-24(26)19-3-2-18-9-13-29-17-20(18)14-19;;;/h2*3-4,9-10,14,17-18,20,26-28H,2,5-8,11-13,15-16,19H2,1H3;2-3,8-9,13-15,17,24-25H,4-7,10-12,16H2,1H3;3*1H4/t26?,27-,28-,29-,30-,31?;26-,27+,28+,29+,30+,31?;24-,25-,26-,27-,28?;;;/m101.../s1. The molecule has 6 aromatic rings. The third kappa shape index (κ3) is 9.62. The fraction of sp³-hybridized carbons (Fsp3) is 0.570. The Balaban J connectivity index is 0.000000108. The van der Waals surface area contributed by atoms with E-state index in [1.807, 2.05) is 37.2 Å². The van der Waals surface area contributed by atoms with Crippen molar-refractivity contribution < 1.29 is 19.0 Å². The van der Waals surface area contributed by atoms with Crippen LogP contribution in [0.3, 0.4) is 0 Å². The van der Waals surface area contributed by atoms with Gasteiger partial charge in [-0.15, -0.1) is 0 Å². The van der Waals surface area contributed by atoms with E-state index in [9.17, 15) is 4.79 Å². The number of ether oxygens (including phenoxy) is 3. The fourth-order valence-corrected chi connectivity index (χ4v) is 26.6. The Morgan fingerprint density at radius 2 is 0.765 bits per heavy atom. The number of benzene rings is 3. The van der Waals surface area contributed by atoms with Crippen molar-refractivity contribution in [1.29, 1.82) is 0 Å². The van der Waals surface area contributed by atoms with E-state index < -0.39 is 0 Å². The highest BCUT2D eigenvalue weighted by molar-refractivity contribution is 5.85. The Bertz CT molecular complexity index is 4400. The molecule has 9 aliphatic carbocycles. The minimum absolute atomic E-state index is 0. The van der Waals surface area contributed by atoms with E-state index in [0.717, 1.165) is 37.8 Å². The number of carbonyl (C=O) groups excluding carboxylic acids is 1. The lowest BCUT2D eigenvalue weighted by atomic mass is 9.58. The van der Waals surface area contributed by atoms with E-state index in [-0.39, 0.29) is 72.1 Å². The molecule has 5 saturated heterocycles. The fourth-order valence-electron chi connectivity index (χ4n) is 26.6. The lowest BCUT2D eigenvalue weighted by molar-refractivity contribution is -0.146. The van der Waals surface area contributed by atoms with E-state index in [1.165, 1.54) is 215 Å². The molecule has 3 aromatic heterocycles. The molecule has 23 rings (SSSR count). The summed E-state index contributed by atoms with van der Waals surface area (Å²) in [5.74, 6) is 3.87. The summed E-state index contributed by atoms with van der Waals surface area (Å²) < 4.78 is 22.1. The van der Waals surface area contributed by atoms with Gasteiger partial charge in [-0.05, 0) is 335 Å². The number of hydrogen-bond donors (Lipinski definition) is 0. The maximum absolute atomic E-state index is 12.4. The maximum Gasteiger partial charge on any atom is 0.136 e. The van der Waals surface area contributed by atoms with Gasteiger partial charge in [0.1, 0.15) is 5.78 Å². The number of carbonyl (C=O) groups is 1. The van der Waals surface area contributed by atoms with Crippen LogP contribution < -0.4 is 0 Å². The van der Waals surface area contributed by atoms with Gasteiger partial charge < -0.3 is 24.0 Å². The summed E-state index contributed by atoms with van der Waals surface area (Å²) in [5, 5.41) is 7.64. The molecule has 11 fully saturated rings. The molecule has 6 saturated carbocycles. The number of likely N-dealkylation sites (tertiary alicyclic amines) is 2. The van der Waals surface area contributed by atoms with Gasteiger partial charge in [0.15, 0.2) is 0 Å². The van der Waals surface area contributed by atoms with Crippen molar-refractivity contribution in [3.05, 3.63) is 197 Å². The summed E-state index contributed by atoms with van der Waals surface area (Å²) in [7, 11) is 0. The second-order valence-electron chi connectivity index (χ2n) is 35.9. The van der Waals surface area contributed by atoms with Crippen LogP contribution in [0.5, 0.6) is 0 Å². The molecule has 6 spiro atoms. The first-order valence-electron chi connectivity index (χ1n) is 39.6. The Morgan fingerprint density at radius 3 is 1.14 bits per heavy atom. The van der Waals surface area contributed by atoms with E-state index in [4.69, 9.17) is 14.2 Å². The van der Waals surface area contributed by atoms with Gasteiger partial charge in [-0.3, -0.25) is 19.7 Å². The molecular weight excluding hydrogens is 1250 g/mol. The van der Waals surface area contributed by atoms with E-state index in [0.29, 0.717) is 54.1 Å². The third-order valence-electron chi connectivity index (χ3n) is 31.8. The van der Waals surface area contributed by atoms with E-state index >= 15 is 0 Å². The Hall–Kier alpha value is -6.20. The average Bonchev–Trinajstić information content (AvgIpc) is 1.52. The molecule has 6 bridgehead atoms. The van der Waals surface area contributed by atoms with Crippen LogP contribution >= 0.6 is 0 Å². The quantitative estimate of drug-likeness (QED) is 0.167. The normalized spacial score (nSPS) is 41.0. The van der Waals surface area contributed by atoms with Gasteiger partial charge in [-0.2, -0.15) is 0 Å². The van der Waals surface area contributed by atoms with Crippen LogP contribution in [-0.4, -0.2) is 102 Å². The molecule has 3 aromatic carbocycles. The smallest absolute Gasteiger partial charge is 0.136 e. The predicted molar refractivity (Wildman–Crippen MR) is 412 cm³/mol. The van der Waals surface area contributed by atoms with Crippen LogP contribution in [0.2, 0.25) is 0 Å². The van der Waals surface area contributed by atoms with Crippen molar-refractivity contribution in [3.8, 4) is 0 Å². The molecule has 9 heteroatoms. The van der Waals surface area contributed by atoms with Gasteiger partial charge in [0.25, 0.3) is 0 Å². The number of ketones is 1. The van der Waals surface area contributed by atoms with Crippen molar-refractivity contribution in [1.82, 2.24) is 24.8 Å². The van der Waals surface area contributed by atoms with Gasteiger partial charge in [0, 0.05) is 78.3 Å². The number of rotatable bonds is 5. The van der Waals surface area contributed by atoms with Gasteiger partial charge in [-0.25, -0.2) is 0 Å². The first-order valence-corrected chi connectivity index (χ1v) is 39.6. The van der Waals surface area contributed by atoms with Gasteiger partial charge in [-0.1, -0.05) is 116 Å². The number of aromatic nitrogens is 3. The Kier molecular flexibility index (Phi) is 16.0. The van der Waals surface area contributed by atoms with Crippen LogP contribution in [0, 0.1) is 34.0 Å². The summed E-state index contributed by atoms with van der Waals surface area (Å²) in [6, 6.07) is 29.0. The summed E-state index contributed by atoms with van der Waals surface area (Å²) >= 11 is 0. The number of fused-ring (bicyclic) bond motifs is 6. The molecule has 102 heavy (non-hydrogen) atoms. The molecule has 4 unspecified atom stereocenters. The first kappa shape index (κ1) is 67.7. The Labute approximate surface area is 608 Å². The zero-order valence-electron chi connectivity index (χ0n) is 59.1. The minimum atomic E-state index is -0.294. The highest BCUT2D eigenvalue weighted by atomic mass is 16.5. The van der Waals surface area contributed by atoms with Gasteiger partial charge in [0.05, 0.1) is 33.6 Å². The zero-order valence-corrected chi connectivity index (χ0v) is 59.1. The monoisotopic (exact) mass is 1360 g/mol. The molecule has 0 amide bonds. The van der Waals surface area contributed by atoms with Crippen LogP contribution in [-0.2, 0) is 19.0 Å². The zero-order chi connectivity index (χ0) is 65.9. The van der Waals surface area contributed by atoms with Crippen molar-refractivity contribution in [3.63, 3.8) is 0 Å². The number of nitrogens with zero attached hydrogens (tertiary/aromatic N) is 5. The molecule has 17 atom stereocenters. The van der Waals surface area contributed by atoms with Crippen molar-refractivity contribution in [2.24, 2.45) is 34.0 Å². The number of hydrogen-bond acceptors (Lipinski definition) is 9. The SMILES string of the molecule is C.C.C.C[C@]12CC=C3C=C4CCC(=O)C[C@]45CCC3(O5)[C@@H]1CC[C@@H]2c1ccc2ccncc2c1.C[C@]12CC=C3C=C4CCC(N5CCC5)C[C@]45CCC3(O5)[C@@H]1CC[C@@H]2c1ccc2ccncc2c1.C[C@]12CC=C3C=C4CC[C@H](N5CCC5)C[C@]45CCC3(O5)[C@@H]1CC[C@@H]2c1ccc2ccncc2c1. The molecule has 8 aliphatic heterocycles. The van der Waals surface area contributed by atoms with Gasteiger partial charge >= 0.3 is 0 Å². The predicted octanol–water partition coefficient (Wildman–Crippen LogP) is 21.1. The lowest BCUT2D eigenvalue weighted by Gasteiger charge is -2.55. The van der Waals surface area contributed by atoms with Crippen LogP contribution in [0.1, 0.15) is 244 Å². The summed E-state index contributed by atoms with van der Waals surface area (Å²) in [6.07, 6.45) is 57.7. The second kappa shape index (κ2) is 24.2. The third-order valence-corrected chi connectivity index (χ3v) is 31.8. The highest BCUT2D eigenvalue weighted by Gasteiger charge is 2.70. The Morgan fingerprint density at radius 1 is 0.402 bits per heavy atom. The molecule has 534 valence electrons. The molecule has 0 radical (unpaired) electrons. The molecule has 0 N–H and O–H groups in total. The van der Waals surface area contributed by atoms with E-state index in [2.05, 4.69) is 155 Å².